The summed E-state index contributed by atoms with van der Waals surface area (Å²) in [6.45, 7) is 3.56. The van der Waals surface area contributed by atoms with Crippen LogP contribution in [0.2, 0.25) is 0 Å². The molecule has 108 valence electrons. The minimum absolute atomic E-state index is 0.0323. The van der Waals surface area contributed by atoms with Gasteiger partial charge in [-0.3, -0.25) is 9.59 Å². The Morgan fingerprint density at radius 1 is 1.25 bits per heavy atom. The zero-order valence-corrected chi connectivity index (χ0v) is 11.8. The highest BCUT2D eigenvalue weighted by Crippen LogP contribution is 2.28. The van der Waals surface area contributed by atoms with Gasteiger partial charge in [0.1, 0.15) is 0 Å². The van der Waals surface area contributed by atoms with Crippen LogP contribution in [0.4, 0.5) is 0 Å². The van der Waals surface area contributed by atoms with Crippen molar-refractivity contribution in [1.29, 1.82) is 0 Å². The van der Waals surface area contributed by atoms with Gasteiger partial charge >= 0.3 is 5.97 Å². The number of likely N-dealkylation sites (tertiary alicyclic amines) is 1. The van der Waals surface area contributed by atoms with E-state index in [1.807, 2.05) is 0 Å². The lowest BCUT2D eigenvalue weighted by atomic mass is 9.88. The third-order valence-corrected chi connectivity index (χ3v) is 3.91. The number of aliphatic carboxylic acids is 1. The van der Waals surface area contributed by atoms with Gasteiger partial charge in [0.25, 0.3) is 0 Å². The molecule has 2 rings (SSSR count). The molecule has 0 unspecified atom stereocenters. The molecule has 0 radical (unpaired) electrons. The van der Waals surface area contributed by atoms with Gasteiger partial charge in [0.2, 0.25) is 5.91 Å². The number of piperidine rings is 1. The van der Waals surface area contributed by atoms with Crippen molar-refractivity contribution in [2.24, 2.45) is 0 Å². The SMILES string of the molecule is Cc1cccc(C2CCN(C(=O)CCC(=O)O)CC2)c1. The van der Waals surface area contributed by atoms with Crippen LogP contribution in [0.25, 0.3) is 0 Å². The summed E-state index contributed by atoms with van der Waals surface area (Å²) in [5, 5.41) is 8.61. The number of benzene rings is 1. The van der Waals surface area contributed by atoms with Crippen LogP contribution < -0.4 is 0 Å². The molecule has 1 aromatic rings. The largest absolute Gasteiger partial charge is 0.481 e. The van der Waals surface area contributed by atoms with E-state index >= 15 is 0 Å². The van der Waals surface area contributed by atoms with Crippen LogP contribution in [0.15, 0.2) is 24.3 Å². The molecule has 1 aromatic carbocycles. The lowest BCUT2D eigenvalue weighted by molar-refractivity contribution is -0.141. The van der Waals surface area contributed by atoms with E-state index in [4.69, 9.17) is 5.11 Å². The lowest BCUT2D eigenvalue weighted by Crippen LogP contribution is -2.38. The van der Waals surface area contributed by atoms with E-state index in [9.17, 15) is 9.59 Å². The summed E-state index contributed by atoms with van der Waals surface area (Å²) in [5.74, 6) is -0.429. The van der Waals surface area contributed by atoms with E-state index in [1.54, 1.807) is 4.90 Å². The first-order valence-electron chi connectivity index (χ1n) is 7.12. The van der Waals surface area contributed by atoms with Gasteiger partial charge in [-0.2, -0.15) is 0 Å². The van der Waals surface area contributed by atoms with E-state index < -0.39 is 5.97 Å². The molecular weight excluding hydrogens is 254 g/mol. The number of nitrogens with zero attached hydrogens (tertiary/aromatic N) is 1. The zero-order valence-electron chi connectivity index (χ0n) is 11.8. The topological polar surface area (TPSA) is 57.6 Å². The second-order valence-electron chi connectivity index (χ2n) is 5.46. The minimum atomic E-state index is -0.909. The van der Waals surface area contributed by atoms with Crippen molar-refractivity contribution in [3.8, 4) is 0 Å². The molecule has 1 fully saturated rings. The molecular formula is C16H21NO3. The number of rotatable bonds is 4. The normalized spacial score (nSPS) is 16.1. The molecule has 1 aliphatic rings. The molecule has 0 saturated carbocycles. The summed E-state index contributed by atoms with van der Waals surface area (Å²) in [4.78, 5) is 24.1. The second kappa shape index (κ2) is 6.55. The summed E-state index contributed by atoms with van der Waals surface area (Å²) in [6, 6.07) is 8.54. The first kappa shape index (κ1) is 14.6. The molecule has 0 atom stereocenters. The Morgan fingerprint density at radius 2 is 1.95 bits per heavy atom. The summed E-state index contributed by atoms with van der Waals surface area (Å²) >= 11 is 0. The molecule has 1 heterocycles. The van der Waals surface area contributed by atoms with Gasteiger partial charge in [0.15, 0.2) is 0 Å². The predicted molar refractivity (Wildman–Crippen MR) is 76.6 cm³/mol. The summed E-state index contributed by atoms with van der Waals surface area (Å²) in [5.41, 5.74) is 2.62. The molecule has 4 nitrogen and oxygen atoms in total. The van der Waals surface area contributed by atoms with Gasteiger partial charge in [0, 0.05) is 19.5 Å². The molecule has 1 saturated heterocycles. The highest BCUT2D eigenvalue weighted by Gasteiger charge is 2.23. The van der Waals surface area contributed by atoms with E-state index in [0.29, 0.717) is 5.92 Å². The van der Waals surface area contributed by atoms with Crippen molar-refractivity contribution in [2.75, 3.05) is 13.1 Å². The van der Waals surface area contributed by atoms with Gasteiger partial charge in [-0.15, -0.1) is 0 Å². The van der Waals surface area contributed by atoms with E-state index in [2.05, 4.69) is 31.2 Å². The van der Waals surface area contributed by atoms with Gasteiger partial charge in [-0.05, 0) is 31.2 Å². The molecule has 0 bridgehead atoms. The first-order valence-corrected chi connectivity index (χ1v) is 7.12. The fourth-order valence-electron chi connectivity index (χ4n) is 2.76. The summed E-state index contributed by atoms with van der Waals surface area (Å²) < 4.78 is 0. The maximum atomic E-state index is 11.9. The summed E-state index contributed by atoms with van der Waals surface area (Å²) in [6.07, 6.45) is 1.96. The third kappa shape index (κ3) is 3.83. The Kier molecular flexibility index (Phi) is 4.77. The number of carbonyl (C=O) groups excluding carboxylic acids is 1. The molecule has 1 aliphatic heterocycles. The molecule has 1 amide bonds. The number of carbonyl (C=O) groups is 2. The fraction of sp³-hybridized carbons (Fsp3) is 0.500. The van der Waals surface area contributed by atoms with Crippen LogP contribution in [0.1, 0.15) is 42.7 Å². The van der Waals surface area contributed by atoms with Crippen molar-refractivity contribution in [3.63, 3.8) is 0 Å². The maximum Gasteiger partial charge on any atom is 0.303 e. The Balaban J connectivity index is 1.86. The van der Waals surface area contributed by atoms with E-state index in [-0.39, 0.29) is 18.7 Å². The van der Waals surface area contributed by atoms with Crippen LogP contribution >= 0.6 is 0 Å². The Hall–Kier alpha value is -1.84. The Labute approximate surface area is 119 Å². The van der Waals surface area contributed by atoms with E-state index in [1.165, 1.54) is 11.1 Å². The zero-order chi connectivity index (χ0) is 14.5. The smallest absolute Gasteiger partial charge is 0.303 e. The van der Waals surface area contributed by atoms with Crippen LogP contribution in [-0.2, 0) is 9.59 Å². The standard InChI is InChI=1S/C16H21NO3/c1-12-3-2-4-14(11-12)13-7-9-17(10-8-13)15(18)5-6-16(19)20/h2-4,11,13H,5-10H2,1H3,(H,19,20). The van der Waals surface area contributed by atoms with Gasteiger partial charge in [-0.1, -0.05) is 29.8 Å². The van der Waals surface area contributed by atoms with Crippen LogP contribution in [-0.4, -0.2) is 35.0 Å². The number of amides is 1. The highest BCUT2D eigenvalue weighted by molar-refractivity contribution is 5.80. The molecule has 4 heteroatoms. The second-order valence-corrected chi connectivity index (χ2v) is 5.46. The maximum absolute atomic E-state index is 11.9. The van der Waals surface area contributed by atoms with Crippen molar-refractivity contribution >= 4 is 11.9 Å². The molecule has 0 aromatic heterocycles. The monoisotopic (exact) mass is 275 g/mol. The van der Waals surface area contributed by atoms with Crippen LogP contribution in [0.3, 0.4) is 0 Å². The van der Waals surface area contributed by atoms with Crippen molar-refractivity contribution in [2.45, 2.75) is 38.5 Å². The van der Waals surface area contributed by atoms with E-state index in [0.717, 1.165) is 25.9 Å². The number of carboxylic acids is 1. The summed E-state index contributed by atoms with van der Waals surface area (Å²) in [7, 11) is 0. The average molecular weight is 275 g/mol. The van der Waals surface area contributed by atoms with Crippen molar-refractivity contribution in [3.05, 3.63) is 35.4 Å². The Morgan fingerprint density at radius 3 is 2.55 bits per heavy atom. The number of carboxylic acid groups (broad SMARTS) is 1. The van der Waals surface area contributed by atoms with Crippen molar-refractivity contribution < 1.29 is 14.7 Å². The molecule has 0 spiro atoms. The first-order chi connectivity index (χ1) is 9.56. The number of aryl methyl sites for hydroxylation is 1. The van der Waals surface area contributed by atoms with Gasteiger partial charge < -0.3 is 10.0 Å². The van der Waals surface area contributed by atoms with Crippen LogP contribution in [0.5, 0.6) is 0 Å². The lowest BCUT2D eigenvalue weighted by Gasteiger charge is -2.32. The number of hydrogen-bond donors (Lipinski definition) is 1. The van der Waals surface area contributed by atoms with Gasteiger partial charge in [0.05, 0.1) is 6.42 Å². The molecule has 0 aliphatic carbocycles. The van der Waals surface area contributed by atoms with Crippen molar-refractivity contribution in [1.82, 2.24) is 4.90 Å². The van der Waals surface area contributed by atoms with Gasteiger partial charge in [-0.25, -0.2) is 0 Å². The molecule has 20 heavy (non-hydrogen) atoms. The molecule has 1 N–H and O–H groups in total. The third-order valence-electron chi connectivity index (χ3n) is 3.91. The van der Waals surface area contributed by atoms with Crippen LogP contribution in [0, 0.1) is 6.92 Å². The average Bonchev–Trinajstić information content (AvgIpc) is 2.45. The fourth-order valence-corrected chi connectivity index (χ4v) is 2.76. The Bertz CT molecular complexity index is 490. The minimum Gasteiger partial charge on any atom is -0.481 e. The highest BCUT2D eigenvalue weighted by atomic mass is 16.4. The predicted octanol–water partition coefficient (Wildman–Crippen LogP) is 2.57. The quantitative estimate of drug-likeness (QED) is 0.918. The number of hydrogen-bond acceptors (Lipinski definition) is 2.